The molecule has 0 fully saturated rings. The fourth-order valence-electron chi connectivity index (χ4n) is 1.73. The van der Waals surface area contributed by atoms with Gasteiger partial charge in [0.25, 0.3) is 5.91 Å². The van der Waals surface area contributed by atoms with Gasteiger partial charge < -0.3 is 5.32 Å². The summed E-state index contributed by atoms with van der Waals surface area (Å²) in [6.45, 7) is 0.402. The van der Waals surface area contributed by atoms with Gasteiger partial charge in [-0.1, -0.05) is 30.3 Å². The van der Waals surface area contributed by atoms with Crippen molar-refractivity contribution < 1.29 is 13.6 Å². The molecule has 2 aromatic rings. The lowest BCUT2D eigenvalue weighted by atomic mass is 10.1. The van der Waals surface area contributed by atoms with Crippen LogP contribution in [0, 0.1) is 11.6 Å². The summed E-state index contributed by atoms with van der Waals surface area (Å²) in [5.41, 5.74) is 0.942. The van der Waals surface area contributed by atoms with Crippen LogP contribution in [0.4, 0.5) is 8.78 Å². The molecule has 19 heavy (non-hydrogen) atoms. The quantitative estimate of drug-likeness (QED) is 0.900. The van der Waals surface area contributed by atoms with Crippen molar-refractivity contribution in [1.82, 2.24) is 5.32 Å². The SMILES string of the molecule is O=C(NCCc1ccccc1)c1ccc(F)cc1F. The Hall–Kier alpha value is -2.23. The second-order valence-electron chi connectivity index (χ2n) is 4.12. The lowest BCUT2D eigenvalue weighted by molar-refractivity contribution is 0.0950. The molecule has 0 aliphatic carbocycles. The smallest absolute Gasteiger partial charge is 0.254 e. The lowest BCUT2D eigenvalue weighted by Gasteiger charge is -2.06. The Morgan fingerprint density at radius 2 is 1.79 bits per heavy atom. The van der Waals surface area contributed by atoms with Gasteiger partial charge in [0.15, 0.2) is 0 Å². The van der Waals surface area contributed by atoms with Gasteiger partial charge in [0.2, 0.25) is 0 Å². The number of amides is 1. The van der Waals surface area contributed by atoms with Crippen molar-refractivity contribution in [2.45, 2.75) is 6.42 Å². The molecule has 0 aliphatic heterocycles. The summed E-state index contributed by atoms with van der Waals surface area (Å²) in [6.07, 6.45) is 0.662. The Morgan fingerprint density at radius 1 is 1.05 bits per heavy atom. The van der Waals surface area contributed by atoms with Crippen molar-refractivity contribution in [3.05, 3.63) is 71.3 Å². The van der Waals surface area contributed by atoms with Crippen molar-refractivity contribution in [2.24, 2.45) is 0 Å². The highest BCUT2D eigenvalue weighted by atomic mass is 19.1. The highest BCUT2D eigenvalue weighted by molar-refractivity contribution is 5.94. The minimum Gasteiger partial charge on any atom is -0.352 e. The number of carbonyl (C=O) groups excluding carboxylic acids is 1. The van der Waals surface area contributed by atoms with E-state index in [-0.39, 0.29) is 5.56 Å². The molecule has 2 aromatic carbocycles. The largest absolute Gasteiger partial charge is 0.352 e. The Balaban J connectivity index is 1.91. The minimum absolute atomic E-state index is 0.144. The van der Waals surface area contributed by atoms with Crippen LogP contribution in [0.3, 0.4) is 0 Å². The third-order valence-electron chi connectivity index (χ3n) is 2.72. The topological polar surface area (TPSA) is 29.1 Å². The van der Waals surface area contributed by atoms with Crippen LogP contribution in [0.2, 0.25) is 0 Å². The average molecular weight is 261 g/mol. The summed E-state index contributed by atoms with van der Waals surface area (Å²) in [5.74, 6) is -2.08. The third kappa shape index (κ3) is 3.61. The Bertz CT molecular complexity index is 570. The van der Waals surface area contributed by atoms with Gasteiger partial charge in [0.1, 0.15) is 11.6 Å². The van der Waals surface area contributed by atoms with Crippen LogP contribution in [0.15, 0.2) is 48.5 Å². The zero-order chi connectivity index (χ0) is 13.7. The molecule has 0 spiro atoms. The van der Waals surface area contributed by atoms with Gasteiger partial charge in [0, 0.05) is 12.6 Å². The van der Waals surface area contributed by atoms with E-state index in [9.17, 15) is 13.6 Å². The highest BCUT2D eigenvalue weighted by Crippen LogP contribution is 2.09. The van der Waals surface area contributed by atoms with E-state index in [0.29, 0.717) is 19.0 Å². The first-order valence-electron chi connectivity index (χ1n) is 5.94. The Morgan fingerprint density at radius 3 is 2.47 bits per heavy atom. The predicted octanol–water partition coefficient (Wildman–Crippen LogP) is 2.94. The molecule has 0 bridgehead atoms. The number of hydrogen-bond acceptors (Lipinski definition) is 1. The molecule has 0 aromatic heterocycles. The second-order valence-corrected chi connectivity index (χ2v) is 4.12. The van der Waals surface area contributed by atoms with Crippen LogP contribution in [0.1, 0.15) is 15.9 Å². The normalized spacial score (nSPS) is 10.2. The summed E-state index contributed by atoms with van der Waals surface area (Å²) in [7, 11) is 0. The molecule has 2 nitrogen and oxygen atoms in total. The van der Waals surface area contributed by atoms with Crippen LogP contribution in [-0.4, -0.2) is 12.5 Å². The predicted molar refractivity (Wildman–Crippen MR) is 68.8 cm³/mol. The maximum atomic E-state index is 13.4. The molecular weight excluding hydrogens is 248 g/mol. The molecular formula is C15H13F2NO. The van der Waals surface area contributed by atoms with E-state index in [1.807, 2.05) is 30.3 Å². The Labute approximate surface area is 110 Å². The van der Waals surface area contributed by atoms with E-state index in [1.165, 1.54) is 0 Å². The number of halogens is 2. The molecule has 0 saturated heterocycles. The number of hydrogen-bond donors (Lipinski definition) is 1. The molecule has 0 atom stereocenters. The summed E-state index contributed by atoms with van der Waals surface area (Å²) in [6, 6.07) is 12.5. The van der Waals surface area contributed by atoms with Crippen molar-refractivity contribution in [3.8, 4) is 0 Å². The number of benzene rings is 2. The molecule has 0 aliphatic rings. The zero-order valence-electron chi connectivity index (χ0n) is 10.2. The molecule has 4 heteroatoms. The average Bonchev–Trinajstić information content (AvgIpc) is 2.39. The van der Waals surface area contributed by atoms with E-state index in [4.69, 9.17) is 0 Å². The van der Waals surface area contributed by atoms with E-state index in [1.54, 1.807) is 0 Å². The summed E-state index contributed by atoms with van der Waals surface area (Å²) in [5, 5.41) is 2.61. The van der Waals surface area contributed by atoms with E-state index in [0.717, 1.165) is 17.7 Å². The van der Waals surface area contributed by atoms with Crippen molar-refractivity contribution in [2.75, 3.05) is 6.54 Å². The minimum atomic E-state index is -0.850. The number of carbonyl (C=O) groups is 1. The summed E-state index contributed by atoms with van der Waals surface area (Å²) in [4.78, 5) is 11.7. The van der Waals surface area contributed by atoms with E-state index < -0.39 is 17.5 Å². The van der Waals surface area contributed by atoms with Crippen LogP contribution in [-0.2, 0) is 6.42 Å². The molecule has 0 radical (unpaired) electrons. The molecule has 0 unspecified atom stereocenters. The summed E-state index contributed by atoms with van der Waals surface area (Å²) >= 11 is 0. The monoisotopic (exact) mass is 261 g/mol. The number of rotatable bonds is 4. The highest BCUT2D eigenvalue weighted by Gasteiger charge is 2.11. The van der Waals surface area contributed by atoms with Gasteiger partial charge in [-0.15, -0.1) is 0 Å². The van der Waals surface area contributed by atoms with Gasteiger partial charge >= 0.3 is 0 Å². The molecule has 2 rings (SSSR count). The van der Waals surface area contributed by atoms with Crippen LogP contribution < -0.4 is 5.32 Å². The van der Waals surface area contributed by atoms with Crippen LogP contribution in [0.5, 0.6) is 0 Å². The van der Waals surface area contributed by atoms with Gasteiger partial charge in [-0.25, -0.2) is 8.78 Å². The first-order chi connectivity index (χ1) is 9.16. The first-order valence-corrected chi connectivity index (χ1v) is 5.94. The van der Waals surface area contributed by atoms with Crippen molar-refractivity contribution >= 4 is 5.91 Å². The fraction of sp³-hybridized carbons (Fsp3) is 0.133. The Kier molecular flexibility index (Phi) is 4.23. The van der Waals surface area contributed by atoms with Crippen molar-refractivity contribution in [3.63, 3.8) is 0 Å². The summed E-state index contributed by atoms with van der Waals surface area (Å²) < 4.78 is 26.1. The van der Waals surface area contributed by atoms with Crippen LogP contribution >= 0.6 is 0 Å². The molecule has 1 amide bonds. The van der Waals surface area contributed by atoms with Gasteiger partial charge in [-0.05, 0) is 24.1 Å². The van der Waals surface area contributed by atoms with Gasteiger partial charge in [0.05, 0.1) is 5.56 Å². The van der Waals surface area contributed by atoms with Gasteiger partial charge in [-0.2, -0.15) is 0 Å². The zero-order valence-corrected chi connectivity index (χ0v) is 10.2. The maximum Gasteiger partial charge on any atom is 0.254 e. The molecule has 1 N–H and O–H groups in total. The van der Waals surface area contributed by atoms with Gasteiger partial charge in [-0.3, -0.25) is 4.79 Å². The standard InChI is InChI=1S/C15H13F2NO/c16-12-6-7-13(14(17)10-12)15(19)18-9-8-11-4-2-1-3-5-11/h1-7,10H,8-9H2,(H,18,19). The molecule has 98 valence electrons. The third-order valence-corrected chi connectivity index (χ3v) is 2.72. The van der Waals surface area contributed by atoms with E-state index >= 15 is 0 Å². The van der Waals surface area contributed by atoms with Crippen LogP contribution in [0.25, 0.3) is 0 Å². The first kappa shape index (κ1) is 13.2. The lowest BCUT2D eigenvalue weighted by Crippen LogP contribution is -2.26. The number of nitrogens with one attached hydrogen (secondary N) is 1. The maximum absolute atomic E-state index is 13.4. The second kappa shape index (κ2) is 6.09. The van der Waals surface area contributed by atoms with E-state index in [2.05, 4.69) is 5.32 Å². The molecule has 0 saturated carbocycles. The van der Waals surface area contributed by atoms with Crippen molar-refractivity contribution in [1.29, 1.82) is 0 Å². The fourth-order valence-corrected chi connectivity index (χ4v) is 1.73. The molecule has 0 heterocycles.